The highest BCUT2D eigenvalue weighted by molar-refractivity contribution is 6.00. The van der Waals surface area contributed by atoms with Gasteiger partial charge in [-0.25, -0.2) is 4.98 Å². The van der Waals surface area contributed by atoms with Crippen molar-refractivity contribution >= 4 is 23.5 Å². The van der Waals surface area contributed by atoms with Gasteiger partial charge >= 0.3 is 0 Å². The summed E-state index contributed by atoms with van der Waals surface area (Å²) in [6.07, 6.45) is 3.09. The molecule has 1 unspecified atom stereocenters. The van der Waals surface area contributed by atoms with E-state index < -0.39 is 0 Å². The normalized spacial score (nSPS) is 16.8. The van der Waals surface area contributed by atoms with Gasteiger partial charge < -0.3 is 10.6 Å². The monoisotopic (exact) mass is 356 g/mol. The van der Waals surface area contributed by atoms with Crippen LogP contribution in [0.1, 0.15) is 35.8 Å². The summed E-state index contributed by atoms with van der Waals surface area (Å²) in [4.78, 5) is 30.6. The lowest BCUT2D eigenvalue weighted by molar-refractivity contribution is -0.117. The first-order valence-corrected chi connectivity index (χ1v) is 8.82. The minimum absolute atomic E-state index is 0.000402. The summed E-state index contributed by atoms with van der Waals surface area (Å²) in [7, 11) is 1.83. The molecule has 2 aromatic heterocycles. The van der Waals surface area contributed by atoms with Crippen LogP contribution in [0.3, 0.4) is 0 Å². The van der Waals surface area contributed by atoms with Crippen molar-refractivity contribution in [2.45, 2.75) is 32.7 Å². The Morgan fingerprint density at radius 3 is 2.81 bits per heavy atom. The summed E-state index contributed by atoms with van der Waals surface area (Å²) < 4.78 is 1.72. The van der Waals surface area contributed by atoms with E-state index in [1.807, 2.05) is 27.0 Å². The van der Waals surface area contributed by atoms with Crippen molar-refractivity contribution in [2.24, 2.45) is 7.05 Å². The number of carbonyl (C=O) groups excluding carboxylic acids is 2. The molecule has 3 heterocycles. The van der Waals surface area contributed by atoms with Crippen molar-refractivity contribution in [1.82, 2.24) is 20.1 Å². The van der Waals surface area contributed by atoms with Crippen LogP contribution in [-0.2, 0) is 11.8 Å². The topological polar surface area (TPSA) is 92.2 Å². The van der Waals surface area contributed by atoms with Crippen LogP contribution in [0, 0.1) is 6.92 Å². The van der Waals surface area contributed by atoms with Gasteiger partial charge in [-0.3, -0.25) is 19.2 Å². The van der Waals surface area contributed by atoms with Crippen LogP contribution in [0.2, 0.25) is 0 Å². The number of hydrogen-bond acceptors (Lipinski definition) is 5. The summed E-state index contributed by atoms with van der Waals surface area (Å²) in [5.41, 5.74) is 1.39. The molecule has 26 heavy (non-hydrogen) atoms. The Kier molecular flexibility index (Phi) is 5.20. The Labute approximate surface area is 152 Å². The molecule has 0 aliphatic carbocycles. The van der Waals surface area contributed by atoms with Crippen LogP contribution in [0.4, 0.5) is 11.6 Å². The maximum Gasteiger partial charge on any atom is 0.252 e. The molecule has 0 aromatic carbocycles. The van der Waals surface area contributed by atoms with Crippen LogP contribution in [0.5, 0.6) is 0 Å². The van der Waals surface area contributed by atoms with E-state index in [0.717, 1.165) is 17.9 Å². The highest BCUT2D eigenvalue weighted by Crippen LogP contribution is 2.23. The predicted octanol–water partition coefficient (Wildman–Crippen LogP) is 1.48. The number of aryl methyl sites for hydroxylation is 2. The average Bonchev–Trinajstić information content (AvgIpc) is 3.15. The molecule has 8 nitrogen and oxygen atoms in total. The Balaban J connectivity index is 1.64. The van der Waals surface area contributed by atoms with Gasteiger partial charge in [-0.1, -0.05) is 6.92 Å². The predicted molar refractivity (Wildman–Crippen MR) is 99.2 cm³/mol. The van der Waals surface area contributed by atoms with E-state index in [4.69, 9.17) is 0 Å². The molecule has 1 aliphatic heterocycles. The second kappa shape index (κ2) is 7.55. The van der Waals surface area contributed by atoms with Crippen molar-refractivity contribution in [3.8, 4) is 0 Å². The highest BCUT2D eigenvalue weighted by atomic mass is 16.2. The fraction of sp³-hybridized carbons (Fsp3) is 0.444. The smallest absolute Gasteiger partial charge is 0.252 e. The molecule has 138 valence electrons. The van der Waals surface area contributed by atoms with Gasteiger partial charge in [-0.05, 0) is 31.9 Å². The second-order valence-electron chi connectivity index (χ2n) is 6.43. The number of amides is 2. The Hall–Kier alpha value is -2.90. The number of carbonyl (C=O) groups is 2. The summed E-state index contributed by atoms with van der Waals surface area (Å²) in [5, 5.41) is 10.3. The van der Waals surface area contributed by atoms with E-state index in [1.54, 1.807) is 21.7 Å². The number of aromatic nitrogens is 3. The lowest BCUT2D eigenvalue weighted by atomic mass is 10.2. The van der Waals surface area contributed by atoms with Crippen molar-refractivity contribution in [3.05, 3.63) is 35.7 Å². The summed E-state index contributed by atoms with van der Waals surface area (Å²) >= 11 is 0. The molecule has 3 rings (SSSR count). The van der Waals surface area contributed by atoms with Crippen LogP contribution >= 0.6 is 0 Å². The number of nitrogens with one attached hydrogen (secondary N) is 2. The molecule has 0 saturated carbocycles. The van der Waals surface area contributed by atoms with Crippen molar-refractivity contribution in [1.29, 1.82) is 0 Å². The minimum atomic E-state index is -0.336. The number of anilines is 2. The van der Waals surface area contributed by atoms with E-state index in [-0.39, 0.29) is 17.9 Å². The van der Waals surface area contributed by atoms with Crippen LogP contribution in [0.15, 0.2) is 24.4 Å². The first-order valence-electron chi connectivity index (χ1n) is 8.82. The second-order valence-corrected chi connectivity index (χ2v) is 6.43. The summed E-state index contributed by atoms with van der Waals surface area (Å²) in [6, 6.07) is 5.01. The standard InChI is InChI=1S/C18H24N6O2/c1-4-8-19-17(25)13-5-6-15(20-11-13)21-14-7-9-24(18(14)26)16-10-12(2)22-23(16)3/h5-6,10-11,14H,4,7-9H2,1-3H3,(H,19,25)(H,20,21). The van der Waals surface area contributed by atoms with Gasteiger partial charge in [-0.2, -0.15) is 5.10 Å². The third kappa shape index (κ3) is 3.68. The minimum Gasteiger partial charge on any atom is -0.358 e. The number of rotatable bonds is 6. The lowest BCUT2D eigenvalue weighted by Gasteiger charge is -2.17. The SMILES string of the molecule is CCCNC(=O)c1ccc(NC2CCN(c3cc(C)nn3C)C2=O)nc1. The highest BCUT2D eigenvalue weighted by Gasteiger charge is 2.34. The van der Waals surface area contributed by atoms with Crippen LogP contribution < -0.4 is 15.5 Å². The Morgan fingerprint density at radius 2 is 2.19 bits per heavy atom. The molecular formula is C18H24N6O2. The molecule has 2 aromatic rings. The molecule has 1 aliphatic rings. The third-order valence-electron chi connectivity index (χ3n) is 4.34. The molecule has 2 amide bonds. The van der Waals surface area contributed by atoms with Gasteiger partial charge in [0, 0.05) is 32.4 Å². The number of nitrogens with zero attached hydrogens (tertiary/aromatic N) is 4. The number of hydrogen-bond donors (Lipinski definition) is 2. The van der Waals surface area contributed by atoms with Gasteiger partial charge in [0.25, 0.3) is 11.8 Å². The van der Waals surface area contributed by atoms with Crippen LogP contribution in [0.25, 0.3) is 0 Å². The number of pyridine rings is 1. The van der Waals surface area contributed by atoms with Gasteiger partial charge in [0.05, 0.1) is 11.3 Å². The zero-order valence-corrected chi connectivity index (χ0v) is 15.3. The van der Waals surface area contributed by atoms with E-state index in [1.165, 1.54) is 6.20 Å². The largest absolute Gasteiger partial charge is 0.358 e. The van der Waals surface area contributed by atoms with E-state index in [0.29, 0.717) is 30.9 Å². The molecule has 0 radical (unpaired) electrons. The fourth-order valence-corrected chi connectivity index (χ4v) is 3.02. The van der Waals surface area contributed by atoms with Crippen molar-refractivity contribution in [2.75, 3.05) is 23.3 Å². The maximum absolute atomic E-state index is 12.7. The van der Waals surface area contributed by atoms with Crippen molar-refractivity contribution < 1.29 is 9.59 Å². The summed E-state index contributed by atoms with van der Waals surface area (Å²) in [6.45, 7) is 5.17. The molecule has 1 atom stereocenters. The molecule has 2 N–H and O–H groups in total. The first kappa shape index (κ1) is 17.9. The Bertz CT molecular complexity index is 799. The summed E-state index contributed by atoms with van der Waals surface area (Å²) in [5.74, 6) is 1.24. The zero-order valence-electron chi connectivity index (χ0n) is 15.3. The van der Waals surface area contributed by atoms with Gasteiger partial charge in [-0.15, -0.1) is 0 Å². The molecule has 8 heteroatoms. The Morgan fingerprint density at radius 1 is 1.38 bits per heavy atom. The molecule has 0 bridgehead atoms. The van der Waals surface area contributed by atoms with Gasteiger partial charge in [0.1, 0.15) is 17.7 Å². The van der Waals surface area contributed by atoms with E-state index >= 15 is 0 Å². The van der Waals surface area contributed by atoms with Crippen LogP contribution in [-0.4, -0.2) is 45.7 Å². The van der Waals surface area contributed by atoms with E-state index in [2.05, 4.69) is 20.7 Å². The third-order valence-corrected chi connectivity index (χ3v) is 4.34. The fourth-order valence-electron chi connectivity index (χ4n) is 3.02. The quantitative estimate of drug-likeness (QED) is 0.818. The zero-order chi connectivity index (χ0) is 18.7. The average molecular weight is 356 g/mol. The van der Waals surface area contributed by atoms with Gasteiger partial charge in [0.2, 0.25) is 0 Å². The van der Waals surface area contributed by atoms with Gasteiger partial charge in [0.15, 0.2) is 0 Å². The molecule has 0 spiro atoms. The molecule has 1 fully saturated rings. The first-order chi connectivity index (χ1) is 12.5. The lowest BCUT2D eigenvalue weighted by Crippen LogP contribution is -2.34. The van der Waals surface area contributed by atoms with E-state index in [9.17, 15) is 9.59 Å². The maximum atomic E-state index is 12.7. The molecular weight excluding hydrogens is 332 g/mol. The molecule has 1 saturated heterocycles. The van der Waals surface area contributed by atoms with Crippen molar-refractivity contribution in [3.63, 3.8) is 0 Å².